The van der Waals surface area contributed by atoms with Gasteiger partial charge in [0, 0.05) is 0 Å². The minimum absolute atomic E-state index is 0. The molecule has 7 heavy (non-hydrogen) atoms. The first-order chi connectivity index (χ1) is 2.91. The molecule has 0 rings (SSSR count). The molecule has 0 nitrogen and oxygen atoms in total. The molecule has 0 aliphatic heterocycles. The van der Waals surface area contributed by atoms with Gasteiger partial charge in [-0.1, -0.05) is 25.8 Å². The van der Waals surface area contributed by atoms with Gasteiger partial charge in [-0.25, -0.2) is 0 Å². The molecule has 2 radical (unpaired) electrons. The second-order valence-corrected chi connectivity index (χ2v) is 1.43. The summed E-state index contributed by atoms with van der Waals surface area (Å²) in [6.45, 7) is 5.78. The Morgan fingerprint density at radius 2 is 2.14 bits per heavy atom. The Morgan fingerprint density at radius 3 is 2.29 bits per heavy atom. The Balaban J connectivity index is 0. The van der Waals surface area contributed by atoms with Crippen molar-refractivity contribution in [2.24, 2.45) is 0 Å². The van der Waals surface area contributed by atoms with Crippen LogP contribution in [0.5, 0.6) is 0 Å². The van der Waals surface area contributed by atoms with E-state index in [1.54, 1.807) is 0 Å². The van der Waals surface area contributed by atoms with Crippen LogP contribution in [-0.2, 0) is 0 Å². The number of unbranched alkanes of at least 4 members (excludes halogenated alkanes) is 2. The molecule has 0 aromatic heterocycles. The second kappa shape index (κ2) is 9.74. The third kappa shape index (κ3) is 10.8. The van der Waals surface area contributed by atoms with Crippen molar-refractivity contribution >= 4 is 23.9 Å². The van der Waals surface area contributed by atoms with E-state index in [9.17, 15) is 0 Å². The van der Waals surface area contributed by atoms with E-state index in [0.29, 0.717) is 0 Å². The van der Waals surface area contributed by atoms with Gasteiger partial charge in [-0.2, -0.15) is 0 Å². The van der Waals surface area contributed by atoms with Crippen molar-refractivity contribution in [2.45, 2.75) is 26.2 Å². The molecule has 0 heterocycles. The molecule has 0 unspecified atom stereocenters. The van der Waals surface area contributed by atoms with Gasteiger partial charge in [0.25, 0.3) is 0 Å². The molecule has 0 atom stereocenters. The predicted octanol–water partition coefficient (Wildman–Crippen LogP) is 1.45. The maximum atomic E-state index is 3.60. The number of hydrogen-bond donors (Lipinski definition) is 0. The fourth-order valence-electron chi connectivity index (χ4n) is 0.348. The van der Waals surface area contributed by atoms with Crippen molar-refractivity contribution in [3.63, 3.8) is 0 Å². The van der Waals surface area contributed by atoms with Crippen LogP contribution in [0, 0.1) is 0 Å². The first kappa shape index (κ1) is 10.5. The van der Waals surface area contributed by atoms with E-state index in [1.807, 2.05) is 6.08 Å². The SMILES string of the molecule is C=CCCCC.[SnH2]. The van der Waals surface area contributed by atoms with Crippen LogP contribution in [0.15, 0.2) is 12.7 Å². The number of allylic oxidation sites excluding steroid dienone is 1. The van der Waals surface area contributed by atoms with Crippen molar-refractivity contribution in [1.82, 2.24) is 0 Å². The molecular formula is C6H14Sn. The maximum absolute atomic E-state index is 3.60. The molecule has 0 spiro atoms. The van der Waals surface area contributed by atoms with Crippen LogP contribution in [0.4, 0.5) is 0 Å². The molecule has 0 fully saturated rings. The van der Waals surface area contributed by atoms with Crippen LogP contribution in [0.1, 0.15) is 26.2 Å². The predicted molar refractivity (Wildman–Crippen MR) is 38.3 cm³/mol. The number of rotatable bonds is 3. The fourth-order valence-corrected chi connectivity index (χ4v) is 0.348. The summed E-state index contributed by atoms with van der Waals surface area (Å²) in [5, 5.41) is 0. The first-order valence-electron chi connectivity index (χ1n) is 2.52. The molecular weight excluding hydrogens is 191 g/mol. The van der Waals surface area contributed by atoms with Crippen molar-refractivity contribution < 1.29 is 0 Å². The first-order valence-corrected chi connectivity index (χ1v) is 2.52. The molecule has 0 N–H and O–H groups in total. The molecule has 0 aliphatic rings. The Bertz CT molecular complexity index is 33.2. The normalized spacial score (nSPS) is 7.00. The molecule has 0 saturated carbocycles. The van der Waals surface area contributed by atoms with Crippen molar-refractivity contribution in [1.29, 1.82) is 0 Å². The van der Waals surface area contributed by atoms with Crippen LogP contribution < -0.4 is 0 Å². The standard InChI is InChI=1S/C6H12.Sn.2H/c1-3-5-6-4-2;;;/h3H,1,4-6H2,2H3;;;. The van der Waals surface area contributed by atoms with E-state index >= 15 is 0 Å². The average Bonchev–Trinajstić information content (AvgIpc) is 1.61. The van der Waals surface area contributed by atoms with Gasteiger partial charge in [0.1, 0.15) is 0 Å². The summed E-state index contributed by atoms with van der Waals surface area (Å²) in [5.74, 6) is 0. The third-order valence-corrected chi connectivity index (χ3v) is 0.762. The van der Waals surface area contributed by atoms with Gasteiger partial charge < -0.3 is 0 Å². The van der Waals surface area contributed by atoms with Crippen LogP contribution in [0.2, 0.25) is 0 Å². The summed E-state index contributed by atoms with van der Waals surface area (Å²) in [5.41, 5.74) is 0. The summed E-state index contributed by atoms with van der Waals surface area (Å²) in [6.07, 6.45) is 5.72. The molecule has 0 saturated heterocycles. The van der Waals surface area contributed by atoms with Crippen LogP contribution in [0.3, 0.4) is 0 Å². The van der Waals surface area contributed by atoms with Gasteiger partial charge in [-0.3, -0.25) is 0 Å². The minimum atomic E-state index is 0. The van der Waals surface area contributed by atoms with Crippen molar-refractivity contribution in [2.75, 3.05) is 0 Å². The molecule has 1 heteroatoms. The summed E-state index contributed by atoms with van der Waals surface area (Å²) in [7, 11) is 0. The molecule has 0 bridgehead atoms. The zero-order chi connectivity index (χ0) is 4.83. The van der Waals surface area contributed by atoms with E-state index in [1.165, 1.54) is 19.3 Å². The molecule has 0 aromatic rings. The van der Waals surface area contributed by atoms with E-state index in [4.69, 9.17) is 0 Å². The topological polar surface area (TPSA) is 0 Å². The van der Waals surface area contributed by atoms with Gasteiger partial charge >= 0.3 is 23.9 Å². The van der Waals surface area contributed by atoms with Gasteiger partial charge in [-0.05, 0) is 6.42 Å². The van der Waals surface area contributed by atoms with Gasteiger partial charge in [0.15, 0.2) is 0 Å². The van der Waals surface area contributed by atoms with Crippen LogP contribution >= 0.6 is 0 Å². The Hall–Kier alpha value is 0.539. The van der Waals surface area contributed by atoms with Crippen molar-refractivity contribution in [3.8, 4) is 0 Å². The zero-order valence-electron chi connectivity index (χ0n) is 5.11. The monoisotopic (exact) mass is 206 g/mol. The summed E-state index contributed by atoms with van der Waals surface area (Å²) in [6, 6.07) is 0. The van der Waals surface area contributed by atoms with Crippen LogP contribution in [0.25, 0.3) is 0 Å². The molecule has 0 amide bonds. The van der Waals surface area contributed by atoms with E-state index < -0.39 is 0 Å². The van der Waals surface area contributed by atoms with E-state index in [0.717, 1.165) is 0 Å². The number of hydrogen-bond acceptors (Lipinski definition) is 0. The molecule has 0 aliphatic carbocycles. The van der Waals surface area contributed by atoms with Gasteiger partial charge in [0.2, 0.25) is 0 Å². The Kier molecular flexibility index (Phi) is 14.6. The molecule has 42 valence electrons. The van der Waals surface area contributed by atoms with E-state index in [-0.39, 0.29) is 23.9 Å². The Morgan fingerprint density at radius 1 is 1.57 bits per heavy atom. The summed E-state index contributed by atoms with van der Waals surface area (Å²) < 4.78 is 0. The summed E-state index contributed by atoms with van der Waals surface area (Å²) >= 11 is 0. The van der Waals surface area contributed by atoms with E-state index in [2.05, 4.69) is 13.5 Å². The second-order valence-electron chi connectivity index (χ2n) is 1.43. The molecule has 0 aromatic carbocycles. The Labute approximate surface area is 63.0 Å². The third-order valence-electron chi connectivity index (χ3n) is 0.762. The van der Waals surface area contributed by atoms with Gasteiger partial charge in [-0.15, -0.1) is 6.58 Å². The van der Waals surface area contributed by atoms with Gasteiger partial charge in [0.05, 0.1) is 0 Å². The fraction of sp³-hybridized carbons (Fsp3) is 0.667. The van der Waals surface area contributed by atoms with Crippen LogP contribution in [-0.4, -0.2) is 23.9 Å². The van der Waals surface area contributed by atoms with Crippen molar-refractivity contribution in [3.05, 3.63) is 12.7 Å². The average molecular weight is 205 g/mol. The quantitative estimate of drug-likeness (QED) is 0.371. The zero-order valence-corrected chi connectivity index (χ0v) is 9.15. The summed E-state index contributed by atoms with van der Waals surface area (Å²) in [4.78, 5) is 0.